The van der Waals surface area contributed by atoms with Gasteiger partial charge in [-0.15, -0.1) is 0 Å². The number of alkyl carbamates (subject to hydrolysis) is 1. The highest BCUT2D eigenvalue weighted by atomic mass is 35.5. The average Bonchev–Trinajstić information content (AvgIpc) is 3.34. The van der Waals surface area contributed by atoms with Crippen molar-refractivity contribution in [2.24, 2.45) is 5.92 Å². The van der Waals surface area contributed by atoms with Gasteiger partial charge in [0.2, 0.25) is 5.91 Å². The summed E-state index contributed by atoms with van der Waals surface area (Å²) in [6, 6.07) is 3.25. The zero-order valence-electron chi connectivity index (χ0n) is 16.3. The van der Waals surface area contributed by atoms with Gasteiger partial charge in [-0.25, -0.2) is 9.78 Å². The maximum atomic E-state index is 12.0. The third-order valence-corrected chi connectivity index (χ3v) is 6.03. The summed E-state index contributed by atoms with van der Waals surface area (Å²) < 4.78 is 7.22. The van der Waals surface area contributed by atoms with E-state index >= 15 is 0 Å². The molecular formula is C20H23Cl2N3O5. The van der Waals surface area contributed by atoms with Gasteiger partial charge in [-0.1, -0.05) is 48.9 Å². The van der Waals surface area contributed by atoms with Crippen molar-refractivity contribution in [2.75, 3.05) is 6.61 Å². The second-order valence-electron chi connectivity index (χ2n) is 7.49. The topological polar surface area (TPSA) is 111 Å². The molecule has 1 aliphatic rings. The van der Waals surface area contributed by atoms with Gasteiger partial charge in [0.15, 0.2) is 0 Å². The number of nitrogens with zero attached hydrogens (tertiary/aromatic N) is 2. The molecule has 30 heavy (non-hydrogen) atoms. The molecular weight excluding hydrogens is 433 g/mol. The highest BCUT2D eigenvalue weighted by molar-refractivity contribution is 6.42. The van der Waals surface area contributed by atoms with E-state index in [1.165, 1.54) is 12.8 Å². The van der Waals surface area contributed by atoms with Crippen LogP contribution in [0.2, 0.25) is 10.0 Å². The number of carbonyl (C=O) groups excluding carboxylic acids is 2. The number of imide groups is 1. The Hall–Kier alpha value is -2.32. The number of fused-ring (bicyclic) bond motifs is 1. The van der Waals surface area contributed by atoms with Crippen LogP contribution in [0.5, 0.6) is 0 Å². The lowest BCUT2D eigenvalue weighted by Crippen LogP contribution is -2.33. The summed E-state index contributed by atoms with van der Waals surface area (Å²) in [5, 5.41) is 11.5. The molecule has 1 aliphatic carbocycles. The molecule has 1 unspecified atom stereocenters. The standard InChI is InChI=1S/C20H23Cl2N3O5/c21-14-8-16-17(9-15(14)22)25(11-23-16)13(7-12-3-1-2-4-12)10-30-20(29)24-18(26)5-6-19(27)28/h8-9,11-13H,1-7,10H2,(H,27,28)(H,24,26,29). The number of ether oxygens (including phenoxy) is 1. The Bertz CT molecular complexity index is 940. The predicted molar refractivity (Wildman–Crippen MR) is 112 cm³/mol. The van der Waals surface area contributed by atoms with Crippen molar-refractivity contribution < 1.29 is 24.2 Å². The van der Waals surface area contributed by atoms with Crippen LogP contribution in [0, 0.1) is 5.92 Å². The molecule has 0 spiro atoms. The van der Waals surface area contributed by atoms with Crippen LogP contribution in [0.4, 0.5) is 4.79 Å². The highest BCUT2D eigenvalue weighted by Gasteiger charge is 2.24. The molecule has 162 valence electrons. The van der Waals surface area contributed by atoms with Crippen LogP contribution < -0.4 is 5.32 Å². The Kier molecular flexibility index (Phi) is 7.55. The van der Waals surface area contributed by atoms with E-state index in [-0.39, 0.29) is 25.5 Å². The van der Waals surface area contributed by atoms with Gasteiger partial charge in [-0.2, -0.15) is 0 Å². The fourth-order valence-corrected chi connectivity index (χ4v) is 4.13. The van der Waals surface area contributed by atoms with Crippen LogP contribution in [-0.4, -0.2) is 39.2 Å². The molecule has 1 saturated carbocycles. The molecule has 8 nitrogen and oxygen atoms in total. The highest BCUT2D eigenvalue weighted by Crippen LogP contribution is 2.35. The fourth-order valence-electron chi connectivity index (χ4n) is 3.81. The SMILES string of the molecule is O=C(O)CCC(=O)NC(=O)OCC(CC1CCCC1)n1cnc2cc(Cl)c(Cl)cc21. The summed E-state index contributed by atoms with van der Waals surface area (Å²) in [5.41, 5.74) is 1.48. The van der Waals surface area contributed by atoms with Gasteiger partial charge in [0.1, 0.15) is 6.61 Å². The zero-order valence-corrected chi connectivity index (χ0v) is 17.8. The summed E-state index contributed by atoms with van der Waals surface area (Å²) >= 11 is 12.3. The molecule has 0 aliphatic heterocycles. The van der Waals surface area contributed by atoms with E-state index in [0.29, 0.717) is 21.5 Å². The van der Waals surface area contributed by atoms with E-state index in [9.17, 15) is 14.4 Å². The molecule has 10 heteroatoms. The summed E-state index contributed by atoms with van der Waals surface area (Å²) in [6.07, 6.45) is 5.54. The smallest absolute Gasteiger partial charge is 0.413 e. The van der Waals surface area contributed by atoms with Crippen molar-refractivity contribution in [1.82, 2.24) is 14.9 Å². The Morgan fingerprint density at radius 1 is 1.20 bits per heavy atom. The monoisotopic (exact) mass is 455 g/mol. The Morgan fingerprint density at radius 3 is 2.60 bits per heavy atom. The van der Waals surface area contributed by atoms with E-state index in [0.717, 1.165) is 24.8 Å². The predicted octanol–water partition coefficient (Wildman–Crippen LogP) is 4.58. The first-order valence-corrected chi connectivity index (χ1v) is 10.6. The molecule has 0 bridgehead atoms. The number of rotatable bonds is 8. The van der Waals surface area contributed by atoms with Crippen molar-refractivity contribution in [2.45, 2.75) is 51.0 Å². The molecule has 2 aromatic rings. The zero-order chi connectivity index (χ0) is 21.7. The number of carbonyl (C=O) groups is 3. The van der Waals surface area contributed by atoms with Gasteiger partial charge >= 0.3 is 12.1 Å². The van der Waals surface area contributed by atoms with E-state index in [1.54, 1.807) is 18.5 Å². The minimum atomic E-state index is -1.11. The van der Waals surface area contributed by atoms with Gasteiger partial charge in [-0.3, -0.25) is 14.9 Å². The molecule has 1 aromatic heterocycles. The summed E-state index contributed by atoms with van der Waals surface area (Å²) in [6.45, 7) is 0.0419. The van der Waals surface area contributed by atoms with Crippen molar-refractivity contribution in [3.8, 4) is 0 Å². The van der Waals surface area contributed by atoms with Gasteiger partial charge in [0, 0.05) is 6.42 Å². The summed E-state index contributed by atoms with van der Waals surface area (Å²) in [5.74, 6) is -1.29. The second kappa shape index (κ2) is 10.1. The van der Waals surface area contributed by atoms with Crippen LogP contribution in [0.25, 0.3) is 11.0 Å². The molecule has 2 N–H and O–H groups in total. The van der Waals surface area contributed by atoms with Crippen molar-refractivity contribution in [1.29, 1.82) is 0 Å². The Morgan fingerprint density at radius 2 is 1.90 bits per heavy atom. The molecule has 3 rings (SSSR count). The van der Waals surface area contributed by atoms with E-state index in [4.69, 9.17) is 33.0 Å². The first kappa shape index (κ1) is 22.4. The van der Waals surface area contributed by atoms with Crippen molar-refractivity contribution in [3.63, 3.8) is 0 Å². The van der Waals surface area contributed by atoms with Gasteiger partial charge in [0.05, 0.1) is 39.9 Å². The molecule has 0 saturated heterocycles. The first-order valence-electron chi connectivity index (χ1n) is 9.83. The van der Waals surface area contributed by atoms with E-state index in [1.807, 2.05) is 4.57 Å². The maximum Gasteiger partial charge on any atom is 0.413 e. The van der Waals surface area contributed by atoms with Crippen LogP contribution in [0.1, 0.15) is 51.0 Å². The number of aromatic nitrogens is 2. The summed E-state index contributed by atoms with van der Waals surface area (Å²) in [4.78, 5) is 38.6. The number of amides is 2. The van der Waals surface area contributed by atoms with Crippen LogP contribution >= 0.6 is 23.2 Å². The summed E-state index contributed by atoms with van der Waals surface area (Å²) in [7, 11) is 0. The number of hydrogen-bond acceptors (Lipinski definition) is 5. The number of benzene rings is 1. The number of carboxylic acid groups (broad SMARTS) is 1. The Balaban J connectivity index is 1.70. The molecule has 1 heterocycles. The maximum absolute atomic E-state index is 12.0. The Labute approximate surface area is 183 Å². The molecule has 2 amide bonds. The van der Waals surface area contributed by atoms with Crippen LogP contribution in [0.3, 0.4) is 0 Å². The van der Waals surface area contributed by atoms with E-state index in [2.05, 4.69) is 10.3 Å². The van der Waals surface area contributed by atoms with Crippen LogP contribution in [0.15, 0.2) is 18.5 Å². The molecule has 1 aromatic carbocycles. The normalized spacial score (nSPS) is 15.3. The third kappa shape index (κ3) is 5.86. The quantitative estimate of drug-likeness (QED) is 0.602. The number of imidazole rings is 1. The lowest BCUT2D eigenvalue weighted by Gasteiger charge is -2.22. The van der Waals surface area contributed by atoms with Gasteiger partial charge < -0.3 is 14.4 Å². The number of nitrogens with one attached hydrogen (secondary N) is 1. The lowest BCUT2D eigenvalue weighted by molar-refractivity contribution is -0.138. The number of hydrogen-bond donors (Lipinski definition) is 2. The average molecular weight is 456 g/mol. The number of halogens is 2. The van der Waals surface area contributed by atoms with Crippen molar-refractivity contribution >= 4 is 52.2 Å². The minimum absolute atomic E-state index is 0.0419. The number of aliphatic carboxylic acids is 1. The third-order valence-electron chi connectivity index (χ3n) is 5.30. The largest absolute Gasteiger partial charge is 0.481 e. The fraction of sp³-hybridized carbons (Fsp3) is 0.500. The minimum Gasteiger partial charge on any atom is -0.481 e. The molecule has 1 atom stereocenters. The number of carboxylic acids is 1. The molecule has 0 radical (unpaired) electrons. The molecule has 1 fully saturated rings. The lowest BCUT2D eigenvalue weighted by atomic mass is 9.98. The van der Waals surface area contributed by atoms with Crippen LogP contribution in [-0.2, 0) is 14.3 Å². The second-order valence-corrected chi connectivity index (χ2v) is 8.30. The van der Waals surface area contributed by atoms with Crippen molar-refractivity contribution in [3.05, 3.63) is 28.5 Å². The van der Waals surface area contributed by atoms with Gasteiger partial charge in [0.25, 0.3) is 0 Å². The first-order chi connectivity index (χ1) is 14.3. The van der Waals surface area contributed by atoms with Gasteiger partial charge in [-0.05, 0) is 24.5 Å². The van der Waals surface area contributed by atoms with E-state index < -0.39 is 18.0 Å².